The van der Waals surface area contributed by atoms with Crippen LogP contribution in [0.3, 0.4) is 0 Å². The lowest BCUT2D eigenvalue weighted by Gasteiger charge is -2.41. The van der Waals surface area contributed by atoms with Crippen LogP contribution in [0.1, 0.15) is 33.4 Å². The molecule has 0 spiro atoms. The second-order valence-corrected chi connectivity index (χ2v) is 8.32. The zero-order valence-corrected chi connectivity index (χ0v) is 18.7. The Morgan fingerprint density at radius 2 is 1.69 bits per heavy atom. The number of benzene rings is 3. The molecule has 2 atom stereocenters. The molecule has 0 aromatic heterocycles. The number of hydrogen-bond acceptors (Lipinski definition) is 5. The van der Waals surface area contributed by atoms with Crippen molar-refractivity contribution in [3.05, 3.63) is 83.4 Å². The predicted molar refractivity (Wildman–Crippen MR) is 122 cm³/mol. The van der Waals surface area contributed by atoms with E-state index >= 15 is 0 Å². The summed E-state index contributed by atoms with van der Waals surface area (Å²) in [6, 6.07) is 16.0. The van der Waals surface area contributed by atoms with Crippen molar-refractivity contribution in [2.75, 3.05) is 24.7 Å². The minimum Gasteiger partial charge on any atom is -0.486 e. The van der Waals surface area contributed by atoms with Gasteiger partial charge in [0.25, 0.3) is 5.91 Å². The van der Waals surface area contributed by atoms with Crippen molar-refractivity contribution in [1.29, 1.82) is 0 Å². The molecular formula is C26H20F3NO6. The molecule has 1 amide bonds. The molecule has 0 saturated heterocycles. The average molecular weight is 499 g/mol. The molecule has 0 fully saturated rings. The van der Waals surface area contributed by atoms with E-state index in [1.54, 1.807) is 42.5 Å². The molecule has 3 aromatic carbocycles. The van der Waals surface area contributed by atoms with Crippen molar-refractivity contribution in [2.24, 2.45) is 0 Å². The first-order valence-electron chi connectivity index (χ1n) is 11.1. The fourth-order valence-corrected chi connectivity index (χ4v) is 4.54. The van der Waals surface area contributed by atoms with Crippen LogP contribution in [0.25, 0.3) is 0 Å². The monoisotopic (exact) mass is 499 g/mol. The third-order valence-electron chi connectivity index (χ3n) is 6.03. The smallest absolute Gasteiger partial charge is 0.422 e. The normalized spacial score (nSPS) is 19.0. The van der Waals surface area contributed by atoms with Crippen LogP contribution in [0.4, 0.5) is 18.9 Å². The number of amides is 1. The van der Waals surface area contributed by atoms with Crippen LogP contribution in [0.15, 0.2) is 66.7 Å². The zero-order chi connectivity index (χ0) is 25.4. The maximum absolute atomic E-state index is 13.7. The molecule has 0 unspecified atom stereocenters. The van der Waals surface area contributed by atoms with Crippen LogP contribution in [-0.2, 0) is 4.79 Å². The number of carboxylic acid groups (broad SMARTS) is 1. The quantitative estimate of drug-likeness (QED) is 0.534. The van der Waals surface area contributed by atoms with E-state index < -0.39 is 36.6 Å². The summed E-state index contributed by atoms with van der Waals surface area (Å²) in [5.74, 6) is -1.78. The second-order valence-electron chi connectivity index (χ2n) is 8.32. The lowest BCUT2D eigenvalue weighted by atomic mass is 9.79. The molecule has 0 bridgehead atoms. The van der Waals surface area contributed by atoms with Crippen molar-refractivity contribution >= 4 is 17.6 Å². The Morgan fingerprint density at radius 3 is 2.39 bits per heavy atom. The summed E-state index contributed by atoms with van der Waals surface area (Å²) in [4.78, 5) is 27.6. The third-order valence-corrected chi connectivity index (χ3v) is 6.03. The number of anilines is 1. The number of ether oxygens (including phenoxy) is 3. The van der Waals surface area contributed by atoms with Gasteiger partial charge >= 0.3 is 12.1 Å². The molecule has 2 heterocycles. The fraction of sp³-hybridized carbons (Fsp3) is 0.231. The van der Waals surface area contributed by atoms with Gasteiger partial charge < -0.3 is 19.3 Å². The Hall–Kier alpha value is -4.21. The first kappa shape index (κ1) is 23.5. The van der Waals surface area contributed by atoms with E-state index in [4.69, 9.17) is 14.2 Å². The molecule has 1 N–H and O–H groups in total. The molecule has 0 radical (unpaired) electrons. The Balaban J connectivity index is 1.61. The van der Waals surface area contributed by atoms with Crippen molar-refractivity contribution < 1.29 is 42.1 Å². The third kappa shape index (κ3) is 4.41. The Kier molecular flexibility index (Phi) is 5.95. The SMILES string of the molecule is O=C(O)[C@@H]1c2ccccc2C(=O)N(c2ccc(OCC(F)(F)F)cc2)[C@H]1c1ccc2c(c1)OCCO2. The van der Waals surface area contributed by atoms with Gasteiger partial charge in [-0.2, -0.15) is 13.2 Å². The van der Waals surface area contributed by atoms with Gasteiger partial charge in [-0.05, 0) is 53.6 Å². The summed E-state index contributed by atoms with van der Waals surface area (Å²) >= 11 is 0. The Morgan fingerprint density at radius 1 is 1.00 bits per heavy atom. The molecule has 10 heteroatoms. The maximum Gasteiger partial charge on any atom is 0.422 e. The largest absolute Gasteiger partial charge is 0.486 e. The lowest BCUT2D eigenvalue weighted by molar-refractivity contribution is -0.153. The van der Waals surface area contributed by atoms with Gasteiger partial charge in [-0.1, -0.05) is 24.3 Å². The number of nitrogens with zero attached hydrogens (tertiary/aromatic N) is 1. The zero-order valence-electron chi connectivity index (χ0n) is 18.7. The summed E-state index contributed by atoms with van der Waals surface area (Å²) in [5, 5.41) is 10.3. The van der Waals surface area contributed by atoms with Gasteiger partial charge in [-0.15, -0.1) is 0 Å². The minimum atomic E-state index is -4.50. The molecule has 36 heavy (non-hydrogen) atoms. The lowest BCUT2D eigenvalue weighted by Crippen LogP contribution is -2.45. The van der Waals surface area contributed by atoms with E-state index in [0.717, 1.165) is 0 Å². The standard InChI is InChI=1S/C26H20F3NO6/c27-26(28,29)14-36-17-8-6-16(7-9-17)30-23(15-5-10-20-21(13-15)35-12-11-34-20)22(25(32)33)18-3-1-2-4-19(18)24(30)31/h1-10,13,22-23H,11-12,14H2,(H,32,33)/t22-,23+/m1/s1. The number of alkyl halides is 3. The molecular weight excluding hydrogens is 479 g/mol. The van der Waals surface area contributed by atoms with Crippen molar-refractivity contribution in [3.8, 4) is 17.2 Å². The summed E-state index contributed by atoms with van der Waals surface area (Å²) in [5.41, 5.74) is 1.42. The average Bonchev–Trinajstić information content (AvgIpc) is 2.87. The molecule has 0 aliphatic carbocycles. The van der Waals surface area contributed by atoms with Gasteiger partial charge in [-0.3, -0.25) is 14.5 Å². The summed E-state index contributed by atoms with van der Waals surface area (Å²) in [6.45, 7) is -0.744. The van der Waals surface area contributed by atoms with E-state index in [-0.39, 0.29) is 11.3 Å². The van der Waals surface area contributed by atoms with E-state index in [9.17, 15) is 27.9 Å². The maximum atomic E-state index is 13.7. The number of carbonyl (C=O) groups is 2. The van der Waals surface area contributed by atoms with Crippen molar-refractivity contribution in [1.82, 2.24) is 0 Å². The van der Waals surface area contributed by atoms with Crippen LogP contribution in [0.2, 0.25) is 0 Å². The Labute approximate surface area is 203 Å². The van der Waals surface area contributed by atoms with Gasteiger partial charge in [-0.25, -0.2) is 0 Å². The summed E-state index contributed by atoms with van der Waals surface area (Å²) in [7, 11) is 0. The summed E-state index contributed by atoms with van der Waals surface area (Å²) in [6.07, 6.45) is -4.50. The van der Waals surface area contributed by atoms with Crippen molar-refractivity contribution in [3.63, 3.8) is 0 Å². The first-order valence-corrected chi connectivity index (χ1v) is 11.1. The second kappa shape index (κ2) is 9.10. The molecule has 186 valence electrons. The molecule has 2 aliphatic rings. The van der Waals surface area contributed by atoms with Crippen LogP contribution >= 0.6 is 0 Å². The minimum absolute atomic E-state index is 0.0356. The molecule has 0 saturated carbocycles. The number of halogens is 3. The number of carbonyl (C=O) groups excluding carboxylic acids is 1. The van der Waals surface area contributed by atoms with Gasteiger partial charge in [0.15, 0.2) is 18.1 Å². The Bertz CT molecular complexity index is 1310. The van der Waals surface area contributed by atoms with Crippen LogP contribution < -0.4 is 19.1 Å². The summed E-state index contributed by atoms with van der Waals surface area (Å²) < 4.78 is 53.6. The molecule has 2 aliphatic heterocycles. The number of fused-ring (bicyclic) bond motifs is 2. The van der Waals surface area contributed by atoms with Gasteiger partial charge in [0, 0.05) is 11.3 Å². The van der Waals surface area contributed by atoms with Gasteiger partial charge in [0.2, 0.25) is 0 Å². The predicted octanol–water partition coefficient (Wildman–Crippen LogP) is 4.97. The first-order chi connectivity index (χ1) is 17.2. The van der Waals surface area contributed by atoms with Gasteiger partial charge in [0.05, 0.1) is 6.04 Å². The molecule has 3 aromatic rings. The number of carboxylic acids is 1. The fourth-order valence-electron chi connectivity index (χ4n) is 4.54. The van der Waals surface area contributed by atoms with Crippen LogP contribution in [0.5, 0.6) is 17.2 Å². The van der Waals surface area contributed by atoms with E-state index in [0.29, 0.717) is 41.5 Å². The van der Waals surface area contributed by atoms with E-state index in [2.05, 4.69) is 0 Å². The van der Waals surface area contributed by atoms with Gasteiger partial charge in [0.1, 0.15) is 24.9 Å². The van der Waals surface area contributed by atoms with Crippen LogP contribution in [-0.4, -0.2) is 43.0 Å². The number of aliphatic carboxylic acids is 1. The van der Waals surface area contributed by atoms with Crippen molar-refractivity contribution in [2.45, 2.75) is 18.1 Å². The number of rotatable bonds is 5. The van der Waals surface area contributed by atoms with E-state index in [1.807, 2.05) is 0 Å². The highest BCUT2D eigenvalue weighted by Crippen LogP contribution is 2.47. The van der Waals surface area contributed by atoms with Crippen LogP contribution in [0, 0.1) is 0 Å². The molecule has 7 nitrogen and oxygen atoms in total. The molecule has 5 rings (SSSR count). The topological polar surface area (TPSA) is 85.3 Å². The number of hydrogen-bond donors (Lipinski definition) is 1. The van der Waals surface area contributed by atoms with E-state index in [1.165, 1.54) is 29.2 Å². The highest BCUT2D eigenvalue weighted by molar-refractivity contribution is 6.11. The highest BCUT2D eigenvalue weighted by Gasteiger charge is 2.45. The highest BCUT2D eigenvalue weighted by atomic mass is 19.4.